The van der Waals surface area contributed by atoms with Crippen LogP contribution in [0.4, 0.5) is 0 Å². The summed E-state index contributed by atoms with van der Waals surface area (Å²) >= 11 is 5.90. The molecule has 1 rings (SSSR count). The van der Waals surface area contributed by atoms with E-state index >= 15 is 0 Å². The quantitative estimate of drug-likeness (QED) is 0.846. The van der Waals surface area contributed by atoms with Crippen LogP contribution in [0.1, 0.15) is 25.8 Å². The van der Waals surface area contributed by atoms with Gasteiger partial charge in [0.05, 0.1) is 6.04 Å². The molecule has 0 aliphatic heterocycles. The number of hydrogen-bond donors (Lipinski definition) is 2. The van der Waals surface area contributed by atoms with Gasteiger partial charge in [0.25, 0.3) is 0 Å². The fourth-order valence-corrected chi connectivity index (χ4v) is 1.82. The summed E-state index contributed by atoms with van der Waals surface area (Å²) in [6, 6.07) is 7.28. The Labute approximate surface area is 107 Å². The lowest BCUT2D eigenvalue weighted by Crippen LogP contribution is -2.44. The first kappa shape index (κ1) is 14.0. The van der Waals surface area contributed by atoms with E-state index < -0.39 is 6.04 Å². The molecule has 0 aromatic heterocycles. The molecular formula is C13H19ClN2O. The maximum atomic E-state index is 11.6. The lowest BCUT2D eigenvalue weighted by molar-refractivity contribution is -0.123. The minimum Gasteiger partial charge on any atom is -0.352 e. The van der Waals surface area contributed by atoms with Gasteiger partial charge in [-0.2, -0.15) is 0 Å². The zero-order chi connectivity index (χ0) is 12.8. The summed E-state index contributed by atoms with van der Waals surface area (Å²) < 4.78 is 0. The molecule has 2 atom stereocenters. The number of amides is 1. The number of halogens is 1. The largest absolute Gasteiger partial charge is 0.352 e. The van der Waals surface area contributed by atoms with Crippen molar-refractivity contribution < 1.29 is 4.79 Å². The van der Waals surface area contributed by atoms with Gasteiger partial charge in [-0.25, -0.2) is 0 Å². The molecule has 1 unspecified atom stereocenters. The van der Waals surface area contributed by atoms with Crippen molar-refractivity contribution in [2.24, 2.45) is 5.73 Å². The standard InChI is InChI=1S/C13H19ClN2O/c1-3-12(15)13(17)16-9(2)7-10-5-4-6-11(14)8-10/h4-6,8-9,12H,3,7,15H2,1-2H3,(H,16,17)/t9?,12-/m1/s1. The predicted molar refractivity (Wildman–Crippen MR) is 71.0 cm³/mol. The van der Waals surface area contributed by atoms with Gasteiger partial charge in [0.2, 0.25) is 5.91 Å². The highest BCUT2D eigenvalue weighted by Crippen LogP contribution is 2.12. The highest BCUT2D eigenvalue weighted by Gasteiger charge is 2.13. The van der Waals surface area contributed by atoms with E-state index in [-0.39, 0.29) is 11.9 Å². The minimum atomic E-state index is -0.420. The van der Waals surface area contributed by atoms with Crippen LogP contribution in [0.3, 0.4) is 0 Å². The highest BCUT2D eigenvalue weighted by atomic mass is 35.5. The molecule has 1 aromatic rings. The van der Waals surface area contributed by atoms with Gasteiger partial charge in [-0.05, 0) is 37.5 Å². The number of benzene rings is 1. The molecule has 4 heteroatoms. The molecule has 0 spiro atoms. The first-order chi connectivity index (χ1) is 8.02. The van der Waals surface area contributed by atoms with E-state index in [4.69, 9.17) is 17.3 Å². The van der Waals surface area contributed by atoms with Crippen LogP contribution in [-0.2, 0) is 11.2 Å². The topological polar surface area (TPSA) is 55.1 Å². The second-order valence-corrected chi connectivity index (χ2v) is 4.69. The first-order valence-electron chi connectivity index (χ1n) is 5.83. The van der Waals surface area contributed by atoms with Crippen LogP contribution in [0.2, 0.25) is 5.02 Å². The van der Waals surface area contributed by atoms with Crippen LogP contribution in [-0.4, -0.2) is 18.0 Å². The molecule has 3 N–H and O–H groups in total. The lowest BCUT2D eigenvalue weighted by atomic mass is 10.1. The van der Waals surface area contributed by atoms with Crippen LogP contribution < -0.4 is 11.1 Å². The summed E-state index contributed by atoms with van der Waals surface area (Å²) in [5, 5.41) is 3.61. The van der Waals surface area contributed by atoms with Crippen molar-refractivity contribution in [3.8, 4) is 0 Å². The van der Waals surface area contributed by atoms with Crippen molar-refractivity contribution in [2.45, 2.75) is 38.8 Å². The third kappa shape index (κ3) is 4.75. The van der Waals surface area contributed by atoms with E-state index in [1.807, 2.05) is 38.1 Å². The molecule has 0 saturated carbocycles. The van der Waals surface area contributed by atoms with Gasteiger partial charge in [-0.15, -0.1) is 0 Å². The SMILES string of the molecule is CC[C@@H](N)C(=O)NC(C)Cc1cccc(Cl)c1. The Morgan fingerprint density at radius 1 is 1.53 bits per heavy atom. The minimum absolute atomic E-state index is 0.0542. The lowest BCUT2D eigenvalue weighted by Gasteiger charge is -2.16. The van der Waals surface area contributed by atoms with E-state index in [2.05, 4.69) is 5.32 Å². The van der Waals surface area contributed by atoms with Gasteiger partial charge in [0.1, 0.15) is 0 Å². The van der Waals surface area contributed by atoms with Crippen molar-refractivity contribution in [1.29, 1.82) is 0 Å². The fourth-order valence-electron chi connectivity index (χ4n) is 1.60. The third-order valence-corrected chi connectivity index (χ3v) is 2.83. The van der Waals surface area contributed by atoms with Crippen LogP contribution >= 0.6 is 11.6 Å². The number of nitrogens with one attached hydrogen (secondary N) is 1. The van der Waals surface area contributed by atoms with Crippen molar-refractivity contribution in [2.75, 3.05) is 0 Å². The Kier molecular flexibility index (Phi) is 5.45. The van der Waals surface area contributed by atoms with Crippen molar-refractivity contribution in [3.63, 3.8) is 0 Å². The van der Waals surface area contributed by atoms with Gasteiger partial charge in [-0.3, -0.25) is 4.79 Å². The highest BCUT2D eigenvalue weighted by molar-refractivity contribution is 6.30. The van der Waals surface area contributed by atoms with Gasteiger partial charge in [0, 0.05) is 11.1 Å². The van der Waals surface area contributed by atoms with Gasteiger partial charge in [0.15, 0.2) is 0 Å². The normalized spacial score (nSPS) is 14.1. The second-order valence-electron chi connectivity index (χ2n) is 4.26. The second kappa shape index (κ2) is 6.62. The fraction of sp³-hybridized carbons (Fsp3) is 0.462. The van der Waals surface area contributed by atoms with E-state index in [1.54, 1.807) is 0 Å². The Morgan fingerprint density at radius 2 is 2.24 bits per heavy atom. The average molecular weight is 255 g/mol. The van der Waals surface area contributed by atoms with Crippen LogP contribution in [0.25, 0.3) is 0 Å². The van der Waals surface area contributed by atoms with Gasteiger partial charge in [-0.1, -0.05) is 30.7 Å². The summed E-state index contributed by atoms with van der Waals surface area (Å²) in [5.41, 5.74) is 6.76. The molecule has 0 aliphatic rings. The van der Waals surface area contributed by atoms with E-state index in [0.29, 0.717) is 11.4 Å². The predicted octanol–water partition coefficient (Wildman–Crippen LogP) is 2.12. The number of carbonyl (C=O) groups excluding carboxylic acids is 1. The number of carbonyl (C=O) groups is 1. The van der Waals surface area contributed by atoms with Crippen LogP contribution in [0.15, 0.2) is 24.3 Å². The van der Waals surface area contributed by atoms with Gasteiger partial charge < -0.3 is 11.1 Å². The number of nitrogens with two attached hydrogens (primary N) is 1. The summed E-state index contributed by atoms with van der Waals surface area (Å²) in [7, 11) is 0. The van der Waals surface area contributed by atoms with E-state index in [9.17, 15) is 4.79 Å². The Hall–Kier alpha value is -1.06. The number of hydrogen-bond acceptors (Lipinski definition) is 2. The van der Waals surface area contributed by atoms with Crippen molar-refractivity contribution >= 4 is 17.5 Å². The molecule has 1 aromatic carbocycles. The van der Waals surface area contributed by atoms with Crippen LogP contribution in [0, 0.1) is 0 Å². The third-order valence-electron chi connectivity index (χ3n) is 2.60. The maximum Gasteiger partial charge on any atom is 0.237 e. The summed E-state index contributed by atoms with van der Waals surface area (Å²) in [5.74, 6) is -0.0953. The summed E-state index contributed by atoms with van der Waals surface area (Å²) in [6.07, 6.45) is 1.40. The number of rotatable bonds is 5. The van der Waals surface area contributed by atoms with Crippen LogP contribution in [0.5, 0.6) is 0 Å². The molecule has 0 aliphatic carbocycles. The molecule has 94 valence electrons. The molecule has 0 saturated heterocycles. The zero-order valence-electron chi connectivity index (χ0n) is 10.2. The Bertz CT molecular complexity index is 381. The molecule has 3 nitrogen and oxygen atoms in total. The molecule has 0 heterocycles. The van der Waals surface area contributed by atoms with E-state index in [1.165, 1.54) is 0 Å². The average Bonchev–Trinajstić information content (AvgIpc) is 2.27. The smallest absolute Gasteiger partial charge is 0.237 e. The monoisotopic (exact) mass is 254 g/mol. The maximum absolute atomic E-state index is 11.6. The molecule has 0 bridgehead atoms. The Balaban J connectivity index is 2.50. The molecule has 17 heavy (non-hydrogen) atoms. The molecular weight excluding hydrogens is 236 g/mol. The molecule has 0 radical (unpaired) electrons. The van der Waals surface area contributed by atoms with Crippen molar-refractivity contribution in [3.05, 3.63) is 34.9 Å². The summed E-state index contributed by atoms with van der Waals surface area (Å²) in [4.78, 5) is 11.6. The van der Waals surface area contributed by atoms with E-state index in [0.717, 1.165) is 12.0 Å². The Morgan fingerprint density at radius 3 is 2.82 bits per heavy atom. The first-order valence-corrected chi connectivity index (χ1v) is 6.21. The van der Waals surface area contributed by atoms with Gasteiger partial charge >= 0.3 is 0 Å². The zero-order valence-corrected chi connectivity index (χ0v) is 11.0. The molecule has 1 amide bonds. The van der Waals surface area contributed by atoms with Crippen molar-refractivity contribution in [1.82, 2.24) is 5.32 Å². The summed E-state index contributed by atoms with van der Waals surface area (Å²) in [6.45, 7) is 3.85. The molecule has 0 fully saturated rings.